The fraction of sp³-hybridized carbons (Fsp3) is 0.156. The van der Waals surface area contributed by atoms with Crippen LogP contribution < -0.4 is 4.74 Å². The summed E-state index contributed by atoms with van der Waals surface area (Å²) in [6, 6.07) is 34.0. The highest BCUT2D eigenvalue weighted by molar-refractivity contribution is 5.88. The molecule has 3 heteroatoms. The van der Waals surface area contributed by atoms with Gasteiger partial charge < -0.3 is 9.84 Å². The van der Waals surface area contributed by atoms with Crippen molar-refractivity contribution in [2.75, 3.05) is 0 Å². The molecular weight excluding hydrogens is 432 g/mol. The fourth-order valence-electron chi connectivity index (χ4n) is 4.70. The Hall–Kier alpha value is -4.11. The van der Waals surface area contributed by atoms with E-state index < -0.39 is 0 Å². The van der Waals surface area contributed by atoms with Gasteiger partial charge in [-0.25, -0.2) is 0 Å². The Morgan fingerprint density at radius 2 is 1.23 bits per heavy atom. The summed E-state index contributed by atoms with van der Waals surface area (Å²) in [6.07, 6.45) is 0.337. The van der Waals surface area contributed by atoms with E-state index in [1.807, 2.05) is 105 Å². The quantitative estimate of drug-likeness (QED) is 0.160. The minimum Gasteiger partial charge on any atom is -0.508 e. The van der Waals surface area contributed by atoms with Crippen molar-refractivity contribution in [2.24, 2.45) is 5.92 Å². The van der Waals surface area contributed by atoms with Crippen LogP contribution in [0.1, 0.15) is 42.9 Å². The Balaban J connectivity index is 1.76. The van der Waals surface area contributed by atoms with Crippen molar-refractivity contribution >= 4 is 27.5 Å². The van der Waals surface area contributed by atoms with Gasteiger partial charge in [-0.2, -0.15) is 0 Å². The Bertz CT molecular complexity index is 1500. The second kappa shape index (κ2) is 9.63. The molecule has 5 aromatic rings. The molecule has 0 heterocycles. The molecule has 0 aliphatic rings. The number of carbonyl (C=O) groups is 1. The van der Waals surface area contributed by atoms with E-state index in [2.05, 4.69) is 12.1 Å². The number of phenols is 1. The van der Waals surface area contributed by atoms with E-state index in [0.29, 0.717) is 12.2 Å². The van der Waals surface area contributed by atoms with Crippen LogP contribution in [0.3, 0.4) is 0 Å². The molecule has 0 unspecified atom stereocenters. The summed E-state index contributed by atoms with van der Waals surface area (Å²) in [6.45, 7) is 4.00. The largest absolute Gasteiger partial charge is 0.508 e. The monoisotopic (exact) mass is 460 g/mol. The fourth-order valence-corrected chi connectivity index (χ4v) is 4.70. The molecule has 0 spiro atoms. The predicted octanol–water partition coefficient (Wildman–Crippen LogP) is 7.83. The van der Waals surface area contributed by atoms with Gasteiger partial charge in [0.1, 0.15) is 11.5 Å². The van der Waals surface area contributed by atoms with E-state index in [4.69, 9.17) is 4.74 Å². The summed E-state index contributed by atoms with van der Waals surface area (Å²) in [5.41, 5.74) is 2.62. The number of phenolic OH excluding ortho intramolecular Hbond substituents is 1. The minimum absolute atomic E-state index is 0.195. The lowest BCUT2D eigenvalue weighted by Crippen LogP contribution is -2.14. The first kappa shape index (κ1) is 22.7. The van der Waals surface area contributed by atoms with Crippen molar-refractivity contribution in [2.45, 2.75) is 26.2 Å². The van der Waals surface area contributed by atoms with Gasteiger partial charge >= 0.3 is 5.97 Å². The van der Waals surface area contributed by atoms with E-state index in [9.17, 15) is 9.90 Å². The molecule has 0 fully saturated rings. The number of esters is 1. The average molecular weight is 461 g/mol. The zero-order chi connectivity index (χ0) is 24.4. The number of ether oxygens (including phenoxy) is 1. The number of hydrogen-bond acceptors (Lipinski definition) is 3. The lowest BCUT2D eigenvalue weighted by molar-refractivity contribution is -0.135. The van der Waals surface area contributed by atoms with Gasteiger partial charge in [-0.15, -0.1) is 0 Å². The maximum absolute atomic E-state index is 12.8. The number of aromatic hydroxyl groups is 1. The Morgan fingerprint density at radius 1 is 0.714 bits per heavy atom. The lowest BCUT2D eigenvalue weighted by atomic mass is 9.82. The number of carbonyl (C=O) groups excluding carboxylic acids is 1. The summed E-state index contributed by atoms with van der Waals surface area (Å²) in [4.78, 5) is 12.8. The van der Waals surface area contributed by atoms with Crippen LogP contribution in [0.25, 0.3) is 21.5 Å². The number of hydrogen-bond donors (Lipinski definition) is 1. The molecule has 35 heavy (non-hydrogen) atoms. The molecule has 0 aliphatic carbocycles. The lowest BCUT2D eigenvalue weighted by Gasteiger charge is -2.23. The van der Waals surface area contributed by atoms with Crippen LogP contribution in [0.15, 0.2) is 103 Å². The predicted molar refractivity (Wildman–Crippen MR) is 142 cm³/mol. The smallest absolute Gasteiger partial charge is 0.311 e. The van der Waals surface area contributed by atoms with Gasteiger partial charge in [-0.05, 0) is 57.3 Å². The van der Waals surface area contributed by atoms with Gasteiger partial charge in [0, 0.05) is 23.5 Å². The Morgan fingerprint density at radius 3 is 1.83 bits per heavy atom. The molecule has 0 radical (unpaired) electrons. The van der Waals surface area contributed by atoms with Crippen LogP contribution in [0.5, 0.6) is 11.5 Å². The molecule has 5 rings (SSSR count). The maximum Gasteiger partial charge on any atom is 0.311 e. The van der Waals surface area contributed by atoms with Crippen LogP contribution in [0.4, 0.5) is 0 Å². The van der Waals surface area contributed by atoms with Crippen molar-refractivity contribution < 1.29 is 14.6 Å². The summed E-state index contributed by atoms with van der Waals surface area (Å²) in [5.74, 6) is 0.347. The van der Waals surface area contributed by atoms with Gasteiger partial charge in [0.25, 0.3) is 0 Å². The SMILES string of the molecule is CC(C)CC(=O)Oc1cc2ccccc2cc1[C@H](c1ccccc1)c1cc2ccccc2cc1O. The summed E-state index contributed by atoms with van der Waals surface area (Å²) in [5, 5.41) is 15.3. The van der Waals surface area contributed by atoms with Gasteiger partial charge in [0.15, 0.2) is 0 Å². The number of rotatable bonds is 6. The second-order valence-corrected chi connectivity index (χ2v) is 9.41. The van der Waals surface area contributed by atoms with E-state index in [-0.39, 0.29) is 23.6 Å². The highest BCUT2D eigenvalue weighted by Gasteiger charge is 2.25. The van der Waals surface area contributed by atoms with Crippen LogP contribution in [-0.4, -0.2) is 11.1 Å². The van der Waals surface area contributed by atoms with Gasteiger partial charge in [-0.1, -0.05) is 92.7 Å². The van der Waals surface area contributed by atoms with E-state index >= 15 is 0 Å². The Labute approximate surface area is 205 Å². The molecule has 1 atom stereocenters. The normalized spacial score (nSPS) is 12.2. The van der Waals surface area contributed by atoms with Crippen LogP contribution in [0, 0.1) is 5.92 Å². The molecule has 1 N–H and O–H groups in total. The second-order valence-electron chi connectivity index (χ2n) is 9.41. The van der Waals surface area contributed by atoms with Crippen molar-refractivity contribution in [1.82, 2.24) is 0 Å². The third-order valence-corrected chi connectivity index (χ3v) is 6.33. The average Bonchev–Trinajstić information content (AvgIpc) is 2.85. The van der Waals surface area contributed by atoms with Crippen molar-refractivity contribution in [1.29, 1.82) is 0 Å². The van der Waals surface area contributed by atoms with Crippen molar-refractivity contribution in [3.8, 4) is 11.5 Å². The van der Waals surface area contributed by atoms with Gasteiger partial charge in [0.2, 0.25) is 0 Å². The summed E-state index contributed by atoms with van der Waals surface area (Å²) >= 11 is 0. The van der Waals surface area contributed by atoms with Crippen molar-refractivity contribution in [3.05, 3.63) is 120 Å². The molecular formula is C32H28O3. The van der Waals surface area contributed by atoms with E-state index in [0.717, 1.165) is 38.2 Å². The highest BCUT2D eigenvalue weighted by Crippen LogP contribution is 2.43. The maximum atomic E-state index is 12.8. The molecule has 0 saturated carbocycles. The standard InChI is InChI=1S/C32H28O3/c1-21(2)16-31(34)35-30-20-26-15-9-7-13-24(26)18-28(30)32(22-10-4-3-5-11-22)27-17-23-12-6-8-14-25(23)19-29(27)33/h3-15,17-21,32-33H,16H2,1-2H3/t32-/m1/s1. The van der Waals surface area contributed by atoms with Crippen molar-refractivity contribution in [3.63, 3.8) is 0 Å². The zero-order valence-electron chi connectivity index (χ0n) is 19.9. The molecule has 3 nitrogen and oxygen atoms in total. The summed E-state index contributed by atoms with van der Waals surface area (Å²) in [7, 11) is 0. The zero-order valence-corrected chi connectivity index (χ0v) is 19.9. The topological polar surface area (TPSA) is 46.5 Å². The Kier molecular flexibility index (Phi) is 6.24. The first-order chi connectivity index (χ1) is 17.0. The van der Waals surface area contributed by atoms with Crippen LogP contribution >= 0.6 is 0 Å². The molecule has 0 aromatic heterocycles. The number of fused-ring (bicyclic) bond motifs is 2. The number of benzene rings is 5. The van der Waals surface area contributed by atoms with Gasteiger partial charge in [-0.3, -0.25) is 4.79 Å². The minimum atomic E-state index is -0.327. The highest BCUT2D eigenvalue weighted by atomic mass is 16.5. The first-order valence-corrected chi connectivity index (χ1v) is 12.0. The molecule has 0 saturated heterocycles. The summed E-state index contributed by atoms with van der Waals surface area (Å²) < 4.78 is 6.00. The molecule has 5 aromatic carbocycles. The van der Waals surface area contributed by atoms with E-state index in [1.165, 1.54) is 0 Å². The third kappa shape index (κ3) is 4.76. The molecule has 174 valence electrons. The molecule has 0 amide bonds. The van der Waals surface area contributed by atoms with Crippen LogP contribution in [0.2, 0.25) is 0 Å². The third-order valence-electron chi connectivity index (χ3n) is 6.33. The van der Waals surface area contributed by atoms with Crippen LogP contribution in [-0.2, 0) is 4.79 Å². The van der Waals surface area contributed by atoms with E-state index in [1.54, 1.807) is 0 Å². The molecule has 0 bridgehead atoms. The first-order valence-electron chi connectivity index (χ1n) is 12.0. The van der Waals surface area contributed by atoms with Gasteiger partial charge in [0.05, 0.1) is 0 Å². The molecule has 0 aliphatic heterocycles.